The van der Waals surface area contributed by atoms with Crippen LogP contribution < -0.4 is 10.0 Å². The molecule has 0 aliphatic rings. The van der Waals surface area contributed by atoms with Gasteiger partial charge >= 0.3 is 0 Å². The first kappa shape index (κ1) is 13.8. The van der Waals surface area contributed by atoms with E-state index in [2.05, 4.69) is 0 Å². The van der Waals surface area contributed by atoms with Crippen LogP contribution in [0, 0.1) is 0 Å². The fourth-order valence-electron chi connectivity index (χ4n) is 1.50. The molecule has 0 heterocycles. The average molecular weight is 258 g/mol. The summed E-state index contributed by atoms with van der Waals surface area (Å²) in [5, 5.41) is 8.72. The van der Waals surface area contributed by atoms with Gasteiger partial charge in [0.15, 0.2) is 0 Å². The predicted octanol–water partition coefficient (Wildman–Crippen LogP) is 0.896. The zero-order valence-corrected chi connectivity index (χ0v) is 10.8. The summed E-state index contributed by atoms with van der Waals surface area (Å²) in [6.45, 7) is 3.68. The van der Waals surface area contributed by atoms with E-state index in [1.807, 2.05) is 0 Å². The van der Waals surface area contributed by atoms with E-state index < -0.39 is 15.3 Å². The van der Waals surface area contributed by atoms with Gasteiger partial charge in [-0.25, -0.2) is 8.42 Å². The molecule has 6 heteroatoms. The molecule has 5 nitrogen and oxygen atoms in total. The van der Waals surface area contributed by atoms with Gasteiger partial charge in [0.05, 0.1) is 10.9 Å². The smallest absolute Gasteiger partial charge is 0.239 e. The van der Waals surface area contributed by atoms with Crippen molar-refractivity contribution in [1.29, 1.82) is 0 Å². The lowest BCUT2D eigenvalue weighted by Gasteiger charge is -2.26. The number of phenols is 1. The van der Waals surface area contributed by atoms with Gasteiger partial charge in [-0.2, -0.15) is 0 Å². The summed E-state index contributed by atoms with van der Waals surface area (Å²) >= 11 is 0. The summed E-state index contributed by atoms with van der Waals surface area (Å²) in [6, 6.07) is 6.17. The van der Waals surface area contributed by atoms with Crippen LogP contribution in [0.1, 0.15) is 13.8 Å². The number of nitrogens with two attached hydrogens (primary N) is 1. The molecule has 0 radical (unpaired) electrons. The van der Waals surface area contributed by atoms with Crippen LogP contribution in [0.25, 0.3) is 0 Å². The number of phenolic OH excluding ortho intramolecular Hbond substituents is 1. The van der Waals surface area contributed by atoms with Crippen LogP contribution in [0.5, 0.6) is 5.75 Å². The topological polar surface area (TPSA) is 83.6 Å². The molecule has 0 bridgehead atoms. The molecule has 1 rings (SSSR count). The lowest BCUT2D eigenvalue weighted by atomic mass is 10.3. The Labute approximate surface area is 102 Å². The van der Waals surface area contributed by atoms with E-state index in [-0.39, 0.29) is 12.3 Å². The standard InChI is InChI=1S/C11H18N2O3S/c1-3-13(17(15,16)9(2)8-12)10-5-4-6-11(14)7-10/h4-7,9,14H,3,8,12H2,1-2H3. The zero-order valence-electron chi connectivity index (χ0n) is 10.00. The third-order valence-corrected chi connectivity index (χ3v) is 4.85. The Hall–Kier alpha value is -1.27. The molecule has 1 aromatic carbocycles. The Balaban J connectivity index is 3.16. The van der Waals surface area contributed by atoms with Crippen molar-refractivity contribution in [3.05, 3.63) is 24.3 Å². The fraction of sp³-hybridized carbons (Fsp3) is 0.455. The summed E-state index contributed by atoms with van der Waals surface area (Å²) in [7, 11) is -3.47. The molecule has 1 unspecified atom stereocenters. The SMILES string of the molecule is CCN(c1cccc(O)c1)S(=O)(=O)C(C)CN. The highest BCUT2D eigenvalue weighted by Gasteiger charge is 2.27. The first-order valence-corrected chi connectivity index (χ1v) is 6.94. The quantitative estimate of drug-likeness (QED) is 0.821. The molecule has 0 saturated carbocycles. The molecule has 0 amide bonds. The Kier molecular flexibility index (Phi) is 4.36. The third kappa shape index (κ3) is 2.89. The molecule has 3 N–H and O–H groups in total. The largest absolute Gasteiger partial charge is 0.508 e. The highest BCUT2D eigenvalue weighted by atomic mass is 32.2. The number of benzene rings is 1. The van der Waals surface area contributed by atoms with Crippen molar-refractivity contribution in [3.63, 3.8) is 0 Å². The minimum atomic E-state index is -3.47. The molecule has 17 heavy (non-hydrogen) atoms. The van der Waals surface area contributed by atoms with Crippen LogP contribution >= 0.6 is 0 Å². The van der Waals surface area contributed by atoms with Crippen LogP contribution in [0.2, 0.25) is 0 Å². The van der Waals surface area contributed by atoms with E-state index in [1.165, 1.54) is 16.4 Å². The van der Waals surface area contributed by atoms with Crippen molar-refractivity contribution in [2.45, 2.75) is 19.1 Å². The lowest BCUT2D eigenvalue weighted by Crippen LogP contribution is -2.40. The van der Waals surface area contributed by atoms with Gasteiger partial charge in [0.2, 0.25) is 10.0 Å². The van der Waals surface area contributed by atoms with E-state index in [9.17, 15) is 13.5 Å². The summed E-state index contributed by atoms with van der Waals surface area (Å²) in [5.74, 6) is 0.0385. The van der Waals surface area contributed by atoms with Crippen molar-refractivity contribution in [3.8, 4) is 5.75 Å². The molecular weight excluding hydrogens is 240 g/mol. The van der Waals surface area contributed by atoms with Gasteiger partial charge in [-0.3, -0.25) is 4.31 Å². The maximum atomic E-state index is 12.2. The molecule has 0 aromatic heterocycles. The first-order chi connectivity index (χ1) is 7.93. The number of hydrogen-bond acceptors (Lipinski definition) is 4. The van der Waals surface area contributed by atoms with Crippen LogP contribution in [-0.2, 0) is 10.0 Å². The molecule has 0 aliphatic heterocycles. The molecule has 1 aromatic rings. The van der Waals surface area contributed by atoms with E-state index >= 15 is 0 Å². The van der Waals surface area contributed by atoms with Gasteiger partial charge in [-0.15, -0.1) is 0 Å². The maximum Gasteiger partial charge on any atom is 0.239 e. The lowest BCUT2D eigenvalue weighted by molar-refractivity contribution is 0.475. The number of anilines is 1. The van der Waals surface area contributed by atoms with Gasteiger partial charge in [-0.05, 0) is 26.0 Å². The summed E-state index contributed by atoms with van der Waals surface area (Å²) in [4.78, 5) is 0. The van der Waals surface area contributed by atoms with Gasteiger partial charge in [0.25, 0.3) is 0 Å². The average Bonchev–Trinajstić information content (AvgIpc) is 2.28. The second-order valence-corrected chi connectivity index (χ2v) is 6.05. The van der Waals surface area contributed by atoms with E-state index in [0.29, 0.717) is 12.2 Å². The van der Waals surface area contributed by atoms with Crippen molar-refractivity contribution in [2.75, 3.05) is 17.4 Å². The first-order valence-electron chi connectivity index (χ1n) is 5.44. The highest BCUT2D eigenvalue weighted by Crippen LogP contribution is 2.24. The molecule has 0 fully saturated rings. The number of aromatic hydroxyl groups is 1. The fourth-order valence-corrected chi connectivity index (χ4v) is 2.94. The minimum absolute atomic E-state index is 0.0385. The molecule has 0 spiro atoms. The van der Waals surface area contributed by atoms with Crippen molar-refractivity contribution < 1.29 is 13.5 Å². The Morgan fingerprint density at radius 1 is 1.47 bits per heavy atom. The summed E-state index contributed by atoms with van der Waals surface area (Å²) < 4.78 is 25.6. The Bertz CT molecular complexity index is 473. The molecule has 1 atom stereocenters. The molecule has 0 aliphatic carbocycles. The Morgan fingerprint density at radius 2 is 2.12 bits per heavy atom. The van der Waals surface area contributed by atoms with Crippen LogP contribution in [0.4, 0.5) is 5.69 Å². The number of hydrogen-bond donors (Lipinski definition) is 2. The highest BCUT2D eigenvalue weighted by molar-refractivity contribution is 7.93. The molecular formula is C11H18N2O3S. The zero-order chi connectivity index (χ0) is 13.1. The van der Waals surface area contributed by atoms with Gasteiger partial charge in [0, 0.05) is 19.2 Å². The monoisotopic (exact) mass is 258 g/mol. The normalized spacial score (nSPS) is 13.4. The number of sulfonamides is 1. The Morgan fingerprint density at radius 3 is 2.59 bits per heavy atom. The van der Waals surface area contributed by atoms with Crippen LogP contribution in [0.3, 0.4) is 0 Å². The van der Waals surface area contributed by atoms with Crippen molar-refractivity contribution in [2.24, 2.45) is 5.73 Å². The molecule has 0 saturated heterocycles. The van der Waals surface area contributed by atoms with E-state index in [4.69, 9.17) is 5.73 Å². The predicted molar refractivity (Wildman–Crippen MR) is 68.6 cm³/mol. The third-order valence-electron chi connectivity index (χ3n) is 2.55. The second-order valence-electron chi connectivity index (χ2n) is 3.78. The molecule has 96 valence electrons. The number of nitrogens with zero attached hydrogens (tertiary/aromatic N) is 1. The summed E-state index contributed by atoms with van der Waals surface area (Å²) in [6.07, 6.45) is 0. The van der Waals surface area contributed by atoms with Gasteiger partial charge in [-0.1, -0.05) is 6.07 Å². The van der Waals surface area contributed by atoms with Crippen molar-refractivity contribution >= 4 is 15.7 Å². The van der Waals surface area contributed by atoms with Gasteiger partial charge < -0.3 is 10.8 Å². The van der Waals surface area contributed by atoms with Crippen molar-refractivity contribution in [1.82, 2.24) is 0 Å². The minimum Gasteiger partial charge on any atom is -0.508 e. The second kappa shape index (κ2) is 5.37. The van der Waals surface area contributed by atoms with E-state index in [1.54, 1.807) is 26.0 Å². The van der Waals surface area contributed by atoms with Crippen LogP contribution in [-0.4, -0.2) is 31.9 Å². The van der Waals surface area contributed by atoms with Gasteiger partial charge in [0.1, 0.15) is 5.75 Å². The maximum absolute atomic E-state index is 12.2. The summed E-state index contributed by atoms with van der Waals surface area (Å²) in [5.41, 5.74) is 5.86. The number of rotatable bonds is 5. The van der Waals surface area contributed by atoms with Crippen LogP contribution in [0.15, 0.2) is 24.3 Å². The van der Waals surface area contributed by atoms with E-state index in [0.717, 1.165) is 0 Å².